The highest BCUT2D eigenvalue weighted by molar-refractivity contribution is 9.11. The molecule has 3 rings (SSSR count). The molecule has 2 heterocycles. The molecule has 0 radical (unpaired) electrons. The van der Waals surface area contributed by atoms with E-state index < -0.39 is 0 Å². The van der Waals surface area contributed by atoms with Crippen LogP contribution in [0.25, 0.3) is 11.3 Å². The Labute approximate surface area is 140 Å². The Bertz CT molecular complexity index is 782. The molecule has 0 bridgehead atoms. The molecule has 0 aliphatic rings. The van der Waals surface area contributed by atoms with Crippen LogP contribution in [0.3, 0.4) is 0 Å². The van der Waals surface area contributed by atoms with E-state index in [2.05, 4.69) is 21.1 Å². The molecule has 1 aromatic carbocycles. The van der Waals surface area contributed by atoms with Gasteiger partial charge in [0.2, 0.25) is 0 Å². The lowest BCUT2D eigenvalue weighted by atomic mass is 10.1. The summed E-state index contributed by atoms with van der Waals surface area (Å²) in [7, 11) is 1.76. The van der Waals surface area contributed by atoms with E-state index in [1.54, 1.807) is 29.4 Å². The zero-order valence-electron chi connectivity index (χ0n) is 11.8. The summed E-state index contributed by atoms with van der Waals surface area (Å²) in [6.07, 6.45) is 0. The first-order valence-corrected chi connectivity index (χ1v) is 8.26. The van der Waals surface area contributed by atoms with Gasteiger partial charge in [0, 0.05) is 23.6 Å². The van der Waals surface area contributed by atoms with E-state index in [1.807, 2.05) is 42.5 Å². The van der Waals surface area contributed by atoms with Crippen molar-refractivity contribution >= 4 is 33.2 Å². The lowest BCUT2D eigenvalue weighted by molar-refractivity contribution is 0.0776. The van der Waals surface area contributed by atoms with Crippen LogP contribution in [-0.4, -0.2) is 23.0 Å². The highest BCUT2D eigenvalue weighted by atomic mass is 79.9. The molecule has 6 heteroatoms. The summed E-state index contributed by atoms with van der Waals surface area (Å²) in [5.74, 6) is 0.437. The summed E-state index contributed by atoms with van der Waals surface area (Å²) >= 11 is 5.03. The molecule has 0 saturated carbocycles. The Kier molecular flexibility index (Phi) is 4.40. The maximum absolute atomic E-state index is 12.4. The molecule has 0 N–H and O–H groups in total. The molecular formula is C16H13BrN2O2S. The monoisotopic (exact) mass is 376 g/mol. The number of aromatic nitrogens is 1. The van der Waals surface area contributed by atoms with Crippen LogP contribution in [0.4, 0.5) is 0 Å². The van der Waals surface area contributed by atoms with Gasteiger partial charge in [0.05, 0.1) is 10.3 Å². The number of hydrogen-bond acceptors (Lipinski definition) is 4. The lowest BCUT2D eigenvalue weighted by Crippen LogP contribution is -2.26. The third-order valence-corrected chi connectivity index (χ3v) is 4.76. The number of carbonyl (C=O) groups excluding carboxylic acids is 1. The van der Waals surface area contributed by atoms with E-state index in [0.717, 1.165) is 14.2 Å². The summed E-state index contributed by atoms with van der Waals surface area (Å²) < 4.78 is 6.33. The second-order valence-corrected chi connectivity index (χ2v) is 7.36. The van der Waals surface area contributed by atoms with Gasteiger partial charge in [0.1, 0.15) is 0 Å². The Morgan fingerprint density at radius 2 is 2.05 bits per heavy atom. The average Bonchev–Trinajstić information content (AvgIpc) is 3.17. The van der Waals surface area contributed by atoms with E-state index in [1.165, 1.54) is 0 Å². The largest absolute Gasteiger partial charge is 0.355 e. The molecule has 4 nitrogen and oxygen atoms in total. The highest BCUT2D eigenvalue weighted by Gasteiger charge is 2.18. The van der Waals surface area contributed by atoms with E-state index in [0.29, 0.717) is 18.0 Å². The van der Waals surface area contributed by atoms with Crippen LogP contribution in [0.5, 0.6) is 0 Å². The smallest absolute Gasteiger partial charge is 0.276 e. The quantitative estimate of drug-likeness (QED) is 0.676. The van der Waals surface area contributed by atoms with Crippen molar-refractivity contribution in [3.05, 3.63) is 62.9 Å². The van der Waals surface area contributed by atoms with Gasteiger partial charge in [0.25, 0.3) is 5.91 Å². The molecule has 2 aromatic heterocycles. The fourth-order valence-electron chi connectivity index (χ4n) is 2.05. The number of nitrogens with zero attached hydrogens (tertiary/aromatic N) is 2. The Balaban J connectivity index is 1.74. The Morgan fingerprint density at radius 3 is 2.73 bits per heavy atom. The maximum atomic E-state index is 12.4. The summed E-state index contributed by atoms with van der Waals surface area (Å²) in [6.45, 7) is 0.544. The van der Waals surface area contributed by atoms with Crippen LogP contribution >= 0.6 is 27.3 Å². The van der Waals surface area contributed by atoms with Gasteiger partial charge in [0.15, 0.2) is 11.5 Å². The average molecular weight is 377 g/mol. The molecule has 0 saturated heterocycles. The molecule has 3 aromatic rings. The topological polar surface area (TPSA) is 46.3 Å². The van der Waals surface area contributed by atoms with Crippen LogP contribution in [-0.2, 0) is 6.54 Å². The Hall–Kier alpha value is -1.92. The third-order valence-electron chi connectivity index (χ3n) is 3.16. The van der Waals surface area contributed by atoms with Crippen LogP contribution in [0.2, 0.25) is 0 Å². The van der Waals surface area contributed by atoms with Crippen molar-refractivity contribution in [3.8, 4) is 11.3 Å². The number of thiophene rings is 1. The maximum Gasteiger partial charge on any atom is 0.276 e. The van der Waals surface area contributed by atoms with Gasteiger partial charge in [-0.3, -0.25) is 4.79 Å². The molecule has 0 unspecified atom stereocenters. The predicted molar refractivity (Wildman–Crippen MR) is 89.8 cm³/mol. The van der Waals surface area contributed by atoms with E-state index in [4.69, 9.17) is 4.52 Å². The van der Waals surface area contributed by atoms with Gasteiger partial charge < -0.3 is 9.42 Å². The lowest BCUT2D eigenvalue weighted by Gasteiger charge is -2.13. The zero-order valence-corrected chi connectivity index (χ0v) is 14.2. The van der Waals surface area contributed by atoms with Crippen LogP contribution < -0.4 is 0 Å². The van der Waals surface area contributed by atoms with E-state index >= 15 is 0 Å². The number of rotatable bonds is 4. The van der Waals surface area contributed by atoms with Crippen molar-refractivity contribution in [2.75, 3.05) is 7.05 Å². The molecule has 0 aliphatic carbocycles. The van der Waals surface area contributed by atoms with Gasteiger partial charge in [-0.2, -0.15) is 0 Å². The molecule has 1 amide bonds. The van der Waals surface area contributed by atoms with Crippen LogP contribution in [0, 0.1) is 0 Å². The molecule has 0 spiro atoms. The van der Waals surface area contributed by atoms with Crippen molar-refractivity contribution in [2.24, 2.45) is 0 Å². The normalized spacial score (nSPS) is 10.6. The van der Waals surface area contributed by atoms with Gasteiger partial charge in [-0.15, -0.1) is 11.3 Å². The Morgan fingerprint density at radius 1 is 1.27 bits per heavy atom. The molecule has 22 heavy (non-hydrogen) atoms. The van der Waals surface area contributed by atoms with Crippen molar-refractivity contribution in [1.29, 1.82) is 0 Å². The number of amides is 1. The second kappa shape index (κ2) is 6.46. The fourth-order valence-corrected chi connectivity index (χ4v) is 3.59. The SMILES string of the molecule is CN(Cc1ccc(Br)s1)C(=O)c1cc(-c2ccccc2)on1. The van der Waals surface area contributed by atoms with Crippen molar-refractivity contribution in [2.45, 2.75) is 6.54 Å². The van der Waals surface area contributed by atoms with Gasteiger partial charge >= 0.3 is 0 Å². The summed E-state index contributed by atoms with van der Waals surface area (Å²) in [4.78, 5) is 15.1. The van der Waals surface area contributed by atoms with E-state index in [9.17, 15) is 4.79 Å². The summed E-state index contributed by atoms with van der Waals surface area (Å²) in [5, 5.41) is 3.89. The number of hydrogen-bond donors (Lipinski definition) is 0. The van der Waals surface area contributed by atoms with Crippen LogP contribution in [0.1, 0.15) is 15.4 Å². The first-order valence-electron chi connectivity index (χ1n) is 6.65. The molecule has 0 fully saturated rings. The fraction of sp³-hybridized carbons (Fsp3) is 0.125. The van der Waals surface area contributed by atoms with Gasteiger partial charge in [-0.1, -0.05) is 35.5 Å². The zero-order chi connectivity index (χ0) is 15.5. The third kappa shape index (κ3) is 3.28. The summed E-state index contributed by atoms with van der Waals surface area (Å²) in [5.41, 5.74) is 1.22. The second-order valence-electron chi connectivity index (χ2n) is 4.81. The molecule has 0 atom stereocenters. The molecule has 0 aliphatic heterocycles. The minimum atomic E-state index is -0.157. The first-order chi connectivity index (χ1) is 10.6. The standard InChI is InChI=1S/C16H13BrN2O2S/c1-19(10-12-7-8-15(17)22-12)16(20)13-9-14(21-18-13)11-5-3-2-4-6-11/h2-9H,10H2,1H3. The van der Waals surface area contributed by atoms with Crippen molar-refractivity contribution < 1.29 is 9.32 Å². The van der Waals surface area contributed by atoms with E-state index in [-0.39, 0.29) is 5.91 Å². The van der Waals surface area contributed by atoms with Gasteiger partial charge in [-0.05, 0) is 28.1 Å². The molecular weight excluding hydrogens is 364 g/mol. The minimum absolute atomic E-state index is 0.157. The van der Waals surface area contributed by atoms with Crippen LogP contribution in [0.15, 0.2) is 56.8 Å². The molecule has 112 valence electrons. The summed E-state index contributed by atoms with van der Waals surface area (Å²) in [6, 6.07) is 15.2. The van der Waals surface area contributed by atoms with Gasteiger partial charge in [-0.25, -0.2) is 0 Å². The van der Waals surface area contributed by atoms with Crippen molar-refractivity contribution in [1.82, 2.24) is 10.1 Å². The highest BCUT2D eigenvalue weighted by Crippen LogP contribution is 2.24. The number of halogens is 1. The minimum Gasteiger partial charge on any atom is -0.355 e. The van der Waals surface area contributed by atoms with Crippen molar-refractivity contribution in [3.63, 3.8) is 0 Å². The first kappa shape index (κ1) is 15.0. The number of benzene rings is 1. The number of carbonyl (C=O) groups is 1. The predicted octanol–water partition coefficient (Wildman–Crippen LogP) is 4.44.